The number of amides is 1. The van der Waals surface area contributed by atoms with E-state index in [9.17, 15) is 4.79 Å². The van der Waals surface area contributed by atoms with Crippen molar-refractivity contribution >= 4 is 43.8 Å². The van der Waals surface area contributed by atoms with Crippen LogP contribution in [0.4, 0.5) is 0 Å². The molecular weight excluding hydrogens is 376 g/mol. The maximum atomic E-state index is 12.0. The van der Waals surface area contributed by atoms with Crippen LogP contribution < -0.4 is 5.32 Å². The van der Waals surface area contributed by atoms with Gasteiger partial charge in [0.15, 0.2) is 0 Å². The Hall–Kier alpha value is -1.13. The summed E-state index contributed by atoms with van der Waals surface area (Å²) in [6, 6.07) is 2.13. The average Bonchev–Trinajstić information content (AvgIpc) is 2.99. The van der Waals surface area contributed by atoms with Crippen LogP contribution in [-0.4, -0.2) is 22.1 Å². The largest absolute Gasteiger partial charge is 0.349 e. The molecule has 7 heteroatoms. The van der Waals surface area contributed by atoms with E-state index in [0.29, 0.717) is 14.8 Å². The number of nitrogens with zero attached hydrogens (tertiary/aromatic N) is 2. The van der Waals surface area contributed by atoms with E-state index < -0.39 is 0 Å². The van der Waals surface area contributed by atoms with Gasteiger partial charge in [-0.3, -0.25) is 9.89 Å². The minimum atomic E-state index is -0.325. The second-order valence-corrected chi connectivity index (χ2v) is 5.91. The van der Waals surface area contributed by atoms with Crippen LogP contribution in [-0.2, 0) is 4.79 Å². The minimum Gasteiger partial charge on any atom is -0.349 e. The van der Waals surface area contributed by atoms with Gasteiger partial charge in [-0.25, -0.2) is 0 Å². The fourth-order valence-electron chi connectivity index (χ4n) is 2.06. The molecule has 0 bridgehead atoms. The molecule has 1 amide bonds. The van der Waals surface area contributed by atoms with Crippen molar-refractivity contribution in [1.29, 1.82) is 5.26 Å². The molecule has 1 aromatic heterocycles. The summed E-state index contributed by atoms with van der Waals surface area (Å²) in [4.78, 5) is 12.0. The molecule has 2 N–H and O–H groups in total. The zero-order chi connectivity index (χ0) is 13.8. The maximum Gasteiger partial charge on any atom is 0.262 e. The first-order chi connectivity index (χ1) is 9.11. The molecule has 1 aromatic rings. The molecule has 0 radical (unpaired) electrons. The number of aromatic amines is 1. The van der Waals surface area contributed by atoms with Crippen molar-refractivity contribution < 1.29 is 4.79 Å². The van der Waals surface area contributed by atoms with Gasteiger partial charge >= 0.3 is 0 Å². The molecule has 5 nitrogen and oxygen atoms in total. The number of nitriles is 1. The first-order valence-corrected chi connectivity index (χ1v) is 7.52. The SMILES string of the molecule is N#C/C(=C\c1c(Br)n[nH]c1Br)C(=O)NC1CCCC1. The predicted octanol–water partition coefficient (Wildman–Crippen LogP) is 2.90. The van der Waals surface area contributed by atoms with E-state index >= 15 is 0 Å². The Labute approximate surface area is 127 Å². The molecule has 0 spiro atoms. The third-order valence-electron chi connectivity index (χ3n) is 3.06. The van der Waals surface area contributed by atoms with Crippen LogP contribution in [0.5, 0.6) is 0 Å². The molecule has 0 aromatic carbocycles. The zero-order valence-corrected chi connectivity index (χ0v) is 13.2. The lowest BCUT2D eigenvalue weighted by Crippen LogP contribution is -2.33. The number of halogens is 2. The van der Waals surface area contributed by atoms with Gasteiger partial charge in [0.05, 0.1) is 0 Å². The smallest absolute Gasteiger partial charge is 0.262 e. The Balaban J connectivity index is 2.15. The lowest BCUT2D eigenvalue weighted by atomic mass is 10.1. The molecule has 0 aliphatic heterocycles. The number of aromatic nitrogens is 2. The van der Waals surface area contributed by atoms with Gasteiger partial charge in [0.1, 0.15) is 20.8 Å². The summed E-state index contributed by atoms with van der Waals surface area (Å²) in [7, 11) is 0. The van der Waals surface area contributed by atoms with Gasteiger partial charge in [0.25, 0.3) is 5.91 Å². The minimum absolute atomic E-state index is 0.0784. The van der Waals surface area contributed by atoms with Crippen LogP contribution in [0.1, 0.15) is 31.2 Å². The summed E-state index contributed by atoms with van der Waals surface area (Å²) >= 11 is 6.53. The summed E-state index contributed by atoms with van der Waals surface area (Å²) < 4.78 is 1.18. The average molecular weight is 388 g/mol. The number of rotatable bonds is 3. The molecule has 19 heavy (non-hydrogen) atoms. The number of hydrogen-bond acceptors (Lipinski definition) is 3. The van der Waals surface area contributed by atoms with E-state index in [2.05, 4.69) is 47.4 Å². The molecule has 0 saturated heterocycles. The van der Waals surface area contributed by atoms with E-state index in [1.807, 2.05) is 6.07 Å². The predicted molar refractivity (Wildman–Crippen MR) is 78.0 cm³/mol. The monoisotopic (exact) mass is 386 g/mol. The molecule has 1 aliphatic rings. The Morgan fingerprint density at radius 2 is 2.16 bits per heavy atom. The van der Waals surface area contributed by atoms with Crippen molar-refractivity contribution in [3.63, 3.8) is 0 Å². The van der Waals surface area contributed by atoms with E-state index in [4.69, 9.17) is 5.26 Å². The number of nitrogens with one attached hydrogen (secondary N) is 2. The molecule has 2 rings (SSSR count). The van der Waals surface area contributed by atoms with Crippen LogP contribution in [0.3, 0.4) is 0 Å². The van der Waals surface area contributed by atoms with Crippen molar-refractivity contribution in [2.75, 3.05) is 0 Å². The van der Waals surface area contributed by atoms with Gasteiger partial charge in [0.2, 0.25) is 0 Å². The summed E-state index contributed by atoms with van der Waals surface area (Å²) in [5, 5.41) is 18.6. The van der Waals surface area contributed by atoms with E-state index in [0.717, 1.165) is 25.7 Å². The van der Waals surface area contributed by atoms with E-state index in [-0.39, 0.29) is 17.5 Å². The molecule has 1 saturated carbocycles. The Kier molecular flexibility index (Phi) is 4.77. The standard InChI is InChI=1S/C12H12Br2N4O/c13-10-9(11(14)18-17-10)5-7(6-15)12(19)16-8-3-1-2-4-8/h5,8H,1-4H2,(H,16,19)(H,17,18)/b7-5+. The lowest BCUT2D eigenvalue weighted by Gasteiger charge is -2.10. The third-order valence-corrected chi connectivity index (χ3v) is 4.26. The molecule has 1 fully saturated rings. The second kappa shape index (κ2) is 6.35. The molecule has 0 atom stereocenters. The van der Waals surface area contributed by atoms with Crippen LogP contribution in [0.15, 0.2) is 14.8 Å². The fraction of sp³-hybridized carbons (Fsp3) is 0.417. The summed E-state index contributed by atoms with van der Waals surface area (Å²) in [5.74, 6) is -0.325. The Bertz CT molecular complexity index is 533. The molecule has 100 valence electrons. The topological polar surface area (TPSA) is 81.6 Å². The van der Waals surface area contributed by atoms with Crippen LogP contribution in [0.25, 0.3) is 6.08 Å². The lowest BCUT2D eigenvalue weighted by molar-refractivity contribution is -0.117. The fourth-order valence-corrected chi connectivity index (χ4v) is 3.12. The highest BCUT2D eigenvalue weighted by Crippen LogP contribution is 2.25. The first kappa shape index (κ1) is 14.3. The Morgan fingerprint density at radius 3 is 2.68 bits per heavy atom. The number of H-pyrrole nitrogens is 1. The van der Waals surface area contributed by atoms with Crippen molar-refractivity contribution in [3.8, 4) is 6.07 Å². The van der Waals surface area contributed by atoms with Crippen LogP contribution in [0, 0.1) is 11.3 Å². The highest BCUT2D eigenvalue weighted by atomic mass is 79.9. The summed E-state index contributed by atoms with van der Waals surface area (Å²) in [5.41, 5.74) is 0.729. The maximum absolute atomic E-state index is 12.0. The Morgan fingerprint density at radius 1 is 1.47 bits per heavy atom. The normalized spacial score (nSPS) is 16.4. The third kappa shape index (κ3) is 3.45. The summed E-state index contributed by atoms with van der Waals surface area (Å²) in [6.45, 7) is 0. The van der Waals surface area contributed by atoms with Gasteiger partial charge in [-0.05, 0) is 50.8 Å². The van der Waals surface area contributed by atoms with Crippen molar-refractivity contribution in [2.45, 2.75) is 31.7 Å². The van der Waals surface area contributed by atoms with Gasteiger partial charge in [-0.15, -0.1) is 0 Å². The number of hydrogen-bond donors (Lipinski definition) is 2. The van der Waals surface area contributed by atoms with Gasteiger partial charge in [-0.2, -0.15) is 10.4 Å². The molecular formula is C12H12Br2N4O. The highest BCUT2D eigenvalue weighted by molar-refractivity contribution is 9.11. The highest BCUT2D eigenvalue weighted by Gasteiger charge is 2.20. The van der Waals surface area contributed by atoms with Gasteiger partial charge < -0.3 is 5.32 Å². The van der Waals surface area contributed by atoms with Gasteiger partial charge in [0, 0.05) is 11.6 Å². The number of carbonyl (C=O) groups excluding carboxylic acids is 1. The van der Waals surface area contributed by atoms with Crippen LogP contribution in [0.2, 0.25) is 0 Å². The summed E-state index contributed by atoms with van der Waals surface area (Å²) in [6.07, 6.45) is 5.76. The molecule has 0 unspecified atom stereocenters. The number of carbonyl (C=O) groups is 1. The first-order valence-electron chi connectivity index (χ1n) is 5.94. The quantitative estimate of drug-likeness (QED) is 0.617. The molecule has 1 aliphatic carbocycles. The van der Waals surface area contributed by atoms with E-state index in [1.165, 1.54) is 6.08 Å². The van der Waals surface area contributed by atoms with Crippen LogP contribution >= 0.6 is 31.9 Å². The van der Waals surface area contributed by atoms with E-state index in [1.54, 1.807) is 0 Å². The molecule has 1 heterocycles. The van der Waals surface area contributed by atoms with Crippen molar-refractivity contribution in [2.24, 2.45) is 0 Å². The van der Waals surface area contributed by atoms with Crippen molar-refractivity contribution in [3.05, 3.63) is 20.3 Å². The zero-order valence-electron chi connectivity index (χ0n) is 10.0. The van der Waals surface area contributed by atoms with Crippen molar-refractivity contribution in [1.82, 2.24) is 15.5 Å². The van der Waals surface area contributed by atoms with Gasteiger partial charge in [-0.1, -0.05) is 12.8 Å². The second-order valence-electron chi connectivity index (χ2n) is 4.37.